The average Bonchev–Trinajstić information content (AvgIpc) is 3.83. The van der Waals surface area contributed by atoms with Crippen molar-refractivity contribution in [3.8, 4) is 22.5 Å². The first-order valence-electron chi connectivity index (χ1n) is 17.7. The first-order valence-corrected chi connectivity index (χ1v) is 17.7. The molecule has 10 rings (SSSR count). The molecule has 0 saturated carbocycles. The lowest BCUT2D eigenvalue weighted by Gasteiger charge is -2.09. The van der Waals surface area contributed by atoms with E-state index in [1.807, 2.05) is 0 Å². The number of aromatic nitrogens is 2. The summed E-state index contributed by atoms with van der Waals surface area (Å²) in [5.41, 5.74) is 12.2. The van der Waals surface area contributed by atoms with Crippen molar-refractivity contribution >= 4 is 72.9 Å². The molecule has 7 aromatic carbocycles. The molecule has 0 fully saturated rings. The van der Waals surface area contributed by atoms with E-state index in [4.69, 9.17) is 4.42 Å². The van der Waals surface area contributed by atoms with E-state index in [-0.39, 0.29) is 0 Å². The normalized spacial score (nSPS) is 12.6. The van der Waals surface area contributed by atoms with Gasteiger partial charge >= 0.3 is 0 Å². The highest BCUT2D eigenvalue weighted by molar-refractivity contribution is 6.12. The predicted octanol–water partition coefficient (Wildman–Crippen LogP) is 11.6. The van der Waals surface area contributed by atoms with Gasteiger partial charge in [-0.15, -0.1) is 0 Å². The minimum absolute atomic E-state index is 0.888. The Morgan fingerprint density at radius 2 is 1.13 bits per heavy atom. The minimum Gasteiger partial charge on any atom is -0.456 e. The fraction of sp³-hybridized carbons (Fsp3) is 0.0204. The molecule has 0 spiro atoms. The summed E-state index contributed by atoms with van der Waals surface area (Å²) < 4.78 is 11.0. The van der Waals surface area contributed by atoms with E-state index >= 15 is 0 Å². The van der Waals surface area contributed by atoms with Crippen molar-refractivity contribution in [2.45, 2.75) is 6.92 Å². The maximum atomic E-state index is 6.33. The number of furan rings is 1. The van der Waals surface area contributed by atoms with Crippen molar-refractivity contribution in [2.24, 2.45) is 0 Å². The van der Waals surface area contributed by atoms with Crippen molar-refractivity contribution in [1.82, 2.24) is 9.13 Å². The SMILES string of the molecule is C=c1/c(=C\C(=C/C)c2ccc3c(c2)c2ccccc2n3-c2ccc3oc4ccc(-c5ccccc5)cc4c3c2)c2ccccc2n1-c1ccccc1. The zero-order valence-electron chi connectivity index (χ0n) is 28.8. The molecule has 0 radical (unpaired) electrons. The number of fused-ring (bicyclic) bond motifs is 7. The van der Waals surface area contributed by atoms with Gasteiger partial charge in [0.25, 0.3) is 0 Å². The molecule has 0 N–H and O–H groups in total. The lowest BCUT2D eigenvalue weighted by atomic mass is 10.0. The van der Waals surface area contributed by atoms with Crippen LogP contribution in [-0.4, -0.2) is 9.13 Å². The number of benzene rings is 7. The highest BCUT2D eigenvalue weighted by Crippen LogP contribution is 2.38. The summed E-state index contributed by atoms with van der Waals surface area (Å²) in [5.74, 6) is 0. The molecule has 3 heterocycles. The number of para-hydroxylation sites is 3. The molecule has 3 heteroatoms. The van der Waals surface area contributed by atoms with E-state index in [2.05, 4.69) is 199 Å². The van der Waals surface area contributed by atoms with Crippen LogP contribution >= 0.6 is 0 Å². The van der Waals surface area contributed by atoms with Gasteiger partial charge in [-0.3, -0.25) is 0 Å². The first kappa shape index (κ1) is 30.0. The molecule has 246 valence electrons. The highest BCUT2D eigenvalue weighted by Gasteiger charge is 2.16. The van der Waals surface area contributed by atoms with Gasteiger partial charge in [-0.05, 0) is 102 Å². The van der Waals surface area contributed by atoms with Crippen molar-refractivity contribution in [3.63, 3.8) is 0 Å². The predicted molar refractivity (Wildman–Crippen MR) is 220 cm³/mol. The molecule has 0 aliphatic carbocycles. The van der Waals surface area contributed by atoms with Crippen LogP contribution < -0.4 is 10.6 Å². The molecule has 3 nitrogen and oxygen atoms in total. The van der Waals surface area contributed by atoms with E-state index in [9.17, 15) is 0 Å². The van der Waals surface area contributed by atoms with Gasteiger partial charge in [0.1, 0.15) is 11.2 Å². The van der Waals surface area contributed by atoms with Crippen molar-refractivity contribution < 1.29 is 4.42 Å². The lowest BCUT2D eigenvalue weighted by molar-refractivity contribution is 0.669. The third-order valence-corrected chi connectivity index (χ3v) is 10.5. The number of nitrogens with zero attached hydrogens (tertiary/aromatic N) is 2. The number of hydrogen-bond donors (Lipinski definition) is 0. The van der Waals surface area contributed by atoms with E-state index in [1.54, 1.807) is 0 Å². The van der Waals surface area contributed by atoms with Crippen LogP contribution in [0.3, 0.4) is 0 Å². The van der Waals surface area contributed by atoms with Gasteiger partial charge in [0, 0.05) is 48.9 Å². The number of hydrogen-bond acceptors (Lipinski definition) is 1. The minimum atomic E-state index is 0.888. The van der Waals surface area contributed by atoms with Gasteiger partial charge in [-0.1, -0.05) is 110 Å². The van der Waals surface area contributed by atoms with Gasteiger partial charge < -0.3 is 13.6 Å². The Morgan fingerprint density at radius 3 is 1.90 bits per heavy atom. The Kier molecular flexibility index (Phi) is 6.87. The van der Waals surface area contributed by atoms with Gasteiger partial charge in [0.15, 0.2) is 0 Å². The van der Waals surface area contributed by atoms with Crippen LogP contribution in [0.25, 0.3) is 95.4 Å². The molecule has 52 heavy (non-hydrogen) atoms. The third kappa shape index (κ3) is 4.67. The Hall–Kier alpha value is -6.84. The highest BCUT2D eigenvalue weighted by atomic mass is 16.3. The molecule has 0 aliphatic heterocycles. The Morgan fingerprint density at radius 1 is 0.500 bits per heavy atom. The summed E-state index contributed by atoms with van der Waals surface area (Å²) in [6.45, 7) is 6.71. The number of rotatable bonds is 5. The van der Waals surface area contributed by atoms with Gasteiger partial charge in [-0.25, -0.2) is 0 Å². The number of allylic oxidation sites excluding steroid dienone is 2. The second-order valence-corrected chi connectivity index (χ2v) is 13.4. The Balaban J connectivity index is 1.13. The Bertz CT molecular complexity index is 3140. The fourth-order valence-electron chi connectivity index (χ4n) is 7.98. The van der Waals surface area contributed by atoms with E-state index in [1.165, 1.54) is 38.4 Å². The van der Waals surface area contributed by atoms with Crippen LogP contribution in [0.1, 0.15) is 12.5 Å². The van der Waals surface area contributed by atoms with Gasteiger partial charge in [0.2, 0.25) is 0 Å². The maximum Gasteiger partial charge on any atom is 0.135 e. The summed E-state index contributed by atoms with van der Waals surface area (Å²) in [4.78, 5) is 0. The third-order valence-electron chi connectivity index (χ3n) is 10.5. The molecule has 0 aliphatic rings. The van der Waals surface area contributed by atoms with Crippen LogP contribution in [0.2, 0.25) is 0 Å². The summed E-state index contributed by atoms with van der Waals surface area (Å²) >= 11 is 0. The quantitative estimate of drug-likeness (QED) is 0.179. The standard InChI is InChI=1S/C49H34N2O/c1-3-33(28-41-32(2)50(37-16-8-5-9-17-37)45-20-12-10-18-39(41)45)35-22-25-47-42(29-35)40-19-11-13-21-46(40)51(47)38-24-27-49-44(31-38)43-30-36(23-26-48(43)52-49)34-14-6-4-7-15-34/h3-31H,2H2,1H3/b33-3+,41-28+. The molecule has 0 amide bonds. The second-order valence-electron chi connectivity index (χ2n) is 13.4. The van der Waals surface area contributed by atoms with Crippen LogP contribution in [0.15, 0.2) is 174 Å². The Labute approximate surface area is 300 Å². The molecule has 3 aromatic heterocycles. The molecular weight excluding hydrogens is 633 g/mol. The van der Waals surface area contributed by atoms with E-state index in [0.717, 1.165) is 60.5 Å². The molecule has 10 aromatic rings. The van der Waals surface area contributed by atoms with Crippen molar-refractivity contribution in [3.05, 3.63) is 186 Å². The molecule has 0 atom stereocenters. The van der Waals surface area contributed by atoms with E-state index in [0.29, 0.717) is 0 Å². The van der Waals surface area contributed by atoms with Gasteiger partial charge in [0.05, 0.1) is 16.6 Å². The largest absolute Gasteiger partial charge is 0.456 e. The van der Waals surface area contributed by atoms with Crippen LogP contribution in [-0.2, 0) is 0 Å². The second kappa shape index (κ2) is 11.9. The van der Waals surface area contributed by atoms with Crippen LogP contribution in [0, 0.1) is 0 Å². The monoisotopic (exact) mass is 666 g/mol. The smallest absolute Gasteiger partial charge is 0.135 e. The van der Waals surface area contributed by atoms with Crippen molar-refractivity contribution in [2.75, 3.05) is 0 Å². The van der Waals surface area contributed by atoms with Crippen molar-refractivity contribution in [1.29, 1.82) is 0 Å². The van der Waals surface area contributed by atoms with Crippen LogP contribution in [0.4, 0.5) is 0 Å². The lowest BCUT2D eigenvalue weighted by Crippen LogP contribution is -2.26. The van der Waals surface area contributed by atoms with Crippen LogP contribution in [0.5, 0.6) is 0 Å². The first-order chi connectivity index (χ1) is 25.7. The summed E-state index contributed by atoms with van der Waals surface area (Å²) in [5, 5.41) is 7.95. The molecule has 0 saturated heterocycles. The average molecular weight is 667 g/mol. The zero-order chi connectivity index (χ0) is 34.8. The molecule has 0 unspecified atom stereocenters. The van der Waals surface area contributed by atoms with E-state index < -0.39 is 0 Å². The fourth-order valence-corrected chi connectivity index (χ4v) is 7.98. The maximum absolute atomic E-state index is 6.33. The summed E-state index contributed by atoms with van der Waals surface area (Å²) in [6.07, 6.45) is 4.50. The van der Waals surface area contributed by atoms with Gasteiger partial charge in [-0.2, -0.15) is 0 Å². The zero-order valence-corrected chi connectivity index (χ0v) is 28.8. The molecular formula is C49H34N2O. The topological polar surface area (TPSA) is 23.0 Å². The summed E-state index contributed by atoms with van der Waals surface area (Å²) in [7, 11) is 0. The summed E-state index contributed by atoms with van der Waals surface area (Å²) in [6, 6.07) is 58.2. The molecule has 0 bridgehead atoms.